The summed E-state index contributed by atoms with van der Waals surface area (Å²) in [5.74, 6) is 0. The number of sulfonamides is 1. The summed E-state index contributed by atoms with van der Waals surface area (Å²) >= 11 is 0. The monoisotopic (exact) mass is 321 g/mol. The third-order valence-corrected chi connectivity index (χ3v) is 5.82. The van der Waals surface area contributed by atoms with Gasteiger partial charge in [-0.15, -0.1) is 0 Å². The van der Waals surface area contributed by atoms with E-state index in [1.54, 1.807) is 19.1 Å². The number of aryl methyl sites for hydroxylation is 1. The molecule has 2 aromatic rings. The van der Waals surface area contributed by atoms with Gasteiger partial charge in [0, 0.05) is 11.7 Å². The van der Waals surface area contributed by atoms with Crippen molar-refractivity contribution >= 4 is 15.7 Å². The first-order valence-electron chi connectivity index (χ1n) is 6.78. The molecule has 1 aliphatic rings. The molecule has 0 bridgehead atoms. The minimum atomic E-state index is -4.06. The lowest BCUT2D eigenvalue weighted by molar-refractivity contribution is 0.581. The van der Waals surface area contributed by atoms with Crippen LogP contribution in [0.3, 0.4) is 0 Å². The molecule has 22 heavy (non-hydrogen) atoms. The summed E-state index contributed by atoms with van der Waals surface area (Å²) in [6.07, 6.45) is 0.579. The van der Waals surface area contributed by atoms with E-state index < -0.39 is 26.2 Å². The van der Waals surface area contributed by atoms with Crippen molar-refractivity contribution in [1.82, 2.24) is 9.97 Å². The van der Waals surface area contributed by atoms with Crippen LogP contribution in [0.1, 0.15) is 18.2 Å². The Bertz CT molecular complexity index is 959. The number of benzene rings is 1. The van der Waals surface area contributed by atoms with E-state index in [9.17, 15) is 18.0 Å². The van der Waals surface area contributed by atoms with Gasteiger partial charge in [-0.3, -0.25) is 14.1 Å². The number of para-hydroxylation sites is 1. The largest absolute Gasteiger partial charge is 0.325 e. The van der Waals surface area contributed by atoms with Gasteiger partial charge in [0.1, 0.15) is 0 Å². The fourth-order valence-electron chi connectivity index (χ4n) is 2.90. The van der Waals surface area contributed by atoms with Gasteiger partial charge in [-0.25, -0.2) is 13.2 Å². The van der Waals surface area contributed by atoms with Crippen LogP contribution in [0.5, 0.6) is 0 Å². The summed E-state index contributed by atoms with van der Waals surface area (Å²) < 4.78 is 27.1. The van der Waals surface area contributed by atoms with Crippen LogP contribution in [0.15, 0.2) is 38.8 Å². The molecule has 8 heteroatoms. The number of aromatic amines is 2. The van der Waals surface area contributed by atoms with Crippen LogP contribution in [0, 0.1) is 6.92 Å². The molecule has 0 fully saturated rings. The van der Waals surface area contributed by atoms with Gasteiger partial charge in [0.25, 0.3) is 15.6 Å². The van der Waals surface area contributed by atoms with Crippen LogP contribution in [0.4, 0.5) is 5.69 Å². The van der Waals surface area contributed by atoms with E-state index in [2.05, 4.69) is 4.98 Å². The van der Waals surface area contributed by atoms with Crippen LogP contribution in [-0.4, -0.2) is 24.4 Å². The Kier molecular flexibility index (Phi) is 3.21. The Hall–Kier alpha value is -2.35. The number of hydrogen-bond acceptors (Lipinski definition) is 4. The molecule has 1 aromatic heterocycles. The minimum Gasteiger partial charge on any atom is -0.310 e. The first-order valence-corrected chi connectivity index (χ1v) is 8.22. The zero-order valence-electron chi connectivity index (χ0n) is 12.1. The van der Waals surface area contributed by atoms with E-state index in [-0.39, 0.29) is 11.7 Å². The molecular formula is C14H15N3O4S. The molecule has 1 aliphatic heterocycles. The van der Waals surface area contributed by atoms with Gasteiger partial charge in [0.2, 0.25) is 0 Å². The summed E-state index contributed by atoms with van der Waals surface area (Å²) in [7, 11) is -4.06. The van der Waals surface area contributed by atoms with Crippen molar-refractivity contribution in [2.75, 3.05) is 4.31 Å². The second kappa shape index (κ2) is 4.84. The standard InChI is InChI=1S/C14H15N3O4S/c1-8-7-10-5-3-4-6-11(10)17(8)22(20,21)12-9(2)15-14(19)16-13(12)18/h3-6,8H,7H2,1-2H3,(H2,15,16,18,19)/t8-/m1/s1. The maximum absolute atomic E-state index is 12.9. The lowest BCUT2D eigenvalue weighted by atomic mass is 10.1. The number of rotatable bonds is 2. The molecule has 1 atom stereocenters. The summed E-state index contributed by atoms with van der Waals surface area (Å²) in [5.41, 5.74) is -0.114. The second-order valence-corrected chi connectivity index (χ2v) is 7.10. The summed E-state index contributed by atoms with van der Waals surface area (Å²) in [6.45, 7) is 3.18. The average molecular weight is 321 g/mol. The van der Waals surface area contributed by atoms with Crippen molar-refractivity contribution in [3.8, 4) is 0 Å². The van der Waals surface area contributed by atoms with E-state index in [4.69, 9.17) is 0 Å². The molecule has 0 spiro atoms. The van der Waals surface area contributed by atoms with Crippen molar-refractivity contribution in [2.24, 2.45) is 0 Å². The molecule has 2 heterocycles. The Morgan fingerprint density at radius 2 is 1.86 bits per heavy atom. The summed E-state index contributed by atoms with van der Waals surface area (Å²) in [5, 5.41) is 0. The molecule has 2 N–H and O–H groups in total. The normalized spacial score (nSPS) is 17.5. The molecule has 116 valence electrons. The predicted octanol–water partition coefficient (Wildman–Crippen LogP) is 0.512. The van der Waals surface area contributed by atoms with Gasteiger partial charge in [0.15, 0.2) is 4.90 Å². The predicted molar refractivity (Wildman–Crippen MR) is 81.7 cm³/mol. The smallest absolute Gasteiger partial charge is 0.310 e. The van der Waals surface area contributed by atoms with Gasteiger partial charge in [-0.2, -0.15) is 0 Å². The van der Waals surface area contributed by atoms with E-state index >= 15 is 0 Å². The second-order valence-electron chi connectivity index (χ2n) is 5.35. The quantitative estimate of drug-likeness (QED) is 0.841. The molecule has 3 rings (SSSR count). The molecule has 0 amide bonds. The molecule has 7 nitrogen and oxygen atoms in total. The highest BCUT2D eigenvalue weighted by Crippen LogP contribution is 2.35. The number of nitrogens with zero attached hydrogens (tertiary/aromatic N) is 1. The van der Waals surface area contributed by atoms with Crippen molar-refractivity contribution in [1.29, 1.82) is 0 Å². The third kappa shape index (κ3) is 2.07. The minimum absolute atomic E-state index is 0.0327. The number of hydrogen-bond donors (Lipinski definition) is 2. The molecule has 0 saturated heterocycles. The van der Waals surface area contributed by atoms with Crippen molar-refractivity contribution in [3.63, 3.8) is 0 Å². The molecule has 0 aliphatic carbocycles. The molecule has 0 radical (unpaired) electrons. The number of H-pyrrole nitrogens is 2. The molecule has 1 aromatic carbocycles. The number of fused-ring (bicyclic) bond motifs is 1. The van der Waals surface area contributed by atoms with Crippen LogP contribution in [-0.2, 0) is 16.4 Å². The highest BCUT2D eigenvalue weighted by Gasteiger charge is 2.38. The number of anilines is 1. The summed E-state index contributed by atoms with van der Waals surface area (Å²) in [4.78, 5) is 27.1. The topological polar surface area (TPSA) is 103 Å². The van der Waals surface area contributed by atoms with Crippen molar-refractivity contribution in [3.05, 3.63) is 56.4 Å². The molecule has 0 unspecified atom stereocenters. The fraction of sp³-hybridized carbons (Fsp3) is 0.286. The summed E-state index contributed by atoms with van der Waals surface area (Å²) in [6, 6.07) is 6.88. The van der Waals surface area contributed by atoms with Gasteiger partial charge in [-0.1, -0.05) is 18.2 Å². The van der Waals surface area contributed by atoms with E-state index in [0.717, 1.165) is 5.56 Å². The SMILES string of the molecule is Cc1[nH]c(=O)[nH]c(=O)c1S(=O)(=O)N1c2ccccc2C[C@H]1C. The van der Waals surface area contributed by atoms with Crippen molar-refractivity contribution < 1.29 is 8.42 Å². The Balaban J connectivity index is 2.24. The molecular weight excluding hydrogens is 306 g/mol. The highest BCUT2D eigenvalue weighted by atomic mass is 32.2. The fourth-order valence-corrected chi connectivity index (χ4v) is 4.81. The Morgan fingerprint density at radius 1 is 1.18 bits per heavy atom. The van der Waals surface area contributed by atoms with E-state index in [1.807, 2.05) is 17.1 Å². The van der Waals surface area contributed by atoms with Crippen LogP contribution >= 0.6 is 0 Å². The van der Waals surface area contributed by atoms with Crippen LogP contribution in [0.2, 0.25) is 0 Å². The Labute approximate surface area is 126 Å². The zero-order chi connectivity index (χ0) is 16.1. The Morgan fingerprint density at radius 3 is 2.55 bits per heavy atom. The van der Waals surface area contributed by atoms with Crippen LogP contribution in [0.25, 0.3) is 0 Å². The maximum atomic E-state index is 12.9. The van der Waals surface area contributed by atoms with Gasteiger partial charge in [-0.05, 0) is 31.9 Å². The van der Waals surface area contributed by atoms with E-state index in [0.29, 0.717) is 12.1 Å². The lowest BCUT2D eigenvalue weighted by Gasteiger charge is -2.24. The first-order chi connectivity index (χ1) is 10.3. The van der Waals surface area contributed by atoms with E-state index in [1.165, 1.54) is 11.2 Å². The maximum Gasteiger partial charge on any atom is 0.325 e. The van der Waals surface area contributed by atoms with Gasteiger partial charge < -0.3 is 4.98 Å². The lowest BCUT2D eigenvalue weighted by Crippen LogP contribution is -2.40. The zero-order valence-corrected chi connectivity index (χ0v) is 12.9. The number of aromatic nitrogens is 2. The van der Waals surface area contributed by atoms with Gasteiger partial charge in [0.05, 0.1) is 5.69 Å². The first kappa shape index (κ1) is 14.6. The van der Waals surface area contributed by atoms with Gasteiger partial charge >= 0.3 is 5.69 Å². The number of nitrogens with one attached hydrogen (secondary N) is 2. The third-order valence-electron chi connectivity index (χ3n) is 3.74. The molecule has 0 saturated carbocycles. The average Bonchev–Trinajstić information content (AvgIpc) is 2.73. The van der Waals surface area contributed by atoms with Crippen LogP contribution < -0.4 is 15.6 Å². The highest BCUT2D eigenvalue weighted by molar-refractivity contribution is 7.93. The van der Waals surface area contributed by atoms with Crippen molar-refractivity contribution in [2.45, 2.75) is 31.2 Å².